The zero-order valence-electron chi connectivity index (χ0n) is 25.2. The number of hydrogen-bond acceptors (Lipinski definition) is 7. The SMILES string of the molecule is COc1ccc([C@H]2c3c(C)nn(-c4ccc(S(=O)(=O)c5ccc(C(C)C)cc5)cc4)c3N=C3C(=O)Nc4ccccc4N32)cc1. The lowest BCUT2D eigenvalue weighted by Gasteiger charge is -2.40. The Morgan fingerprint density at radius 1 is 0.867 bits per heavy atom. The van der Waals surface area contributed by atoms with Gasteiger partial charge in [-0.3, -0.25) is 4.79 Å². The molecule has 10 heteroatoms. The number of hydrogen-bond donors (Lipinski definition) is 1. The molecular formula is C35H31N5O4S. The number of benzene rings is 4. The predicted octanol–water partition coefficient (Wildman–Crippen LogP) is 6.74. The normalized spacial score (nSPS) is 15.6. The molecule has 0 unspecified atom stereocenters. The van der Waals surface area contributed by atoms with E-state index in [9.17, 15) is 13.2 Å². The summed E-state index contributed by atoms with van der Waals surface area (Å²) < 4.78 is 34.0. The van der Waals surface area contributed by atoms with Crippen LogP contribution in [0.5, 0.6) is 5.75 Å². The summed E-state index contributed by atoms with van der Waals surface area (Å²) >= 11 is 0. The van der Waals surface area contributed by atoms with Crippen molar-refractivity contribution in [2.75, 3.05) is 17.3 Å². The van der Waals surface area contributed by atoms with Gasteiger partial charge in [-0.25, -0.2) is 18.1 Å². The first-order valence-corrected chi connectivity index (χ1v) is 16.1. The number of para-hydroxylation sites is 2. The van der Waals surface area contributed by atoms with Gasteiger partial charge in [0.05, 0.1) is 45.7 Å². The van der Waals surface area contributed by atoms with Crippen molar-refractivity contribution in [3.63, 3.8) is 0 Å². The fraction of sp³-hybridized carbons (Fsp3) is 0.171. The second-order valence-electron chi connectivity index (χ2n) is 11.4. The van der Waals surface area contributed by atoms with Gasteiger partial charge in [0.2, 0.25) is 15.7 Å². The lowest BCUT2D eigenvalue weighted by atomic mass is 9.93. The van der Waals surface area contributed by atoms with Gasteiger partial charge < -0.3 is 15.0 Å². The van der Waals surface area contributed by atoms with Crippen molar-refractivity contribution in [2.24, 2.45) is 4.99 Å². The number of sulfone groups is 1. The minimum absolute atomic E-state index is 0.179. The number of amides is 1. The zero-order valence-corrected chi connectivity index (χ0v) is 26.0. The van der Waals surface area contributed by atoms with Crippen LogP contribution in [0.15, 0.2) is 112 Å². The number of carbonyl (C=O) groups excluding carboxylic acids is 1. The molecule has 45 heavy (non-hydrogen) atoms. The van der Waals surface area contributed by atoms with Gasteiger partial charge in [-0.15, -0.1) is 0 Å². The van der Waals surface area contributed by atoms with Gasteiger partial charge in [-0.05, 0) is 84.6 Å². The summed E-state index contributed by atoms with van der Waals surface area (Å²) in [5, 5.41) is 7.83. The third-order valence-corrected chi connectivity index (χ3v) is 10.1. The van der Waals surface area contributed by atoms with Crippen molar-refractivity contribution in [3.8, 4) is 11.4 Å². The van der Waals surface area contributed by atoms with E-state index in [4.69, 9.17) is 14.8 Å². The van der Waals surface area contributed by atoms with Gasteiger partial charge in [0.25, 0.3) is 5.91 Å². The van der Waals surface area contributed by atoms with E-state index in [1.54, 1.807) is 48.2 Å². The molecule has 0 saturated carbocycles. The van der Waals surface area contributed by atoms with Crippen LogP contribution in [-0.4, -0.2) is 37.1 Å². The second kappa shape index (κ2) is 10.7. The highest BCUT2D eigenvalue weighted by Gasteiger charge is 2.42. The molecule has 0 saturated heterocycles. The molecule has 0 bridgehead atoms. The molecule has 1 aromatic heterocycles. The Kier molecular flexibility index (Phi) is 6.81. The highest BCUT2D eigenvalue weighted by molar-refractivity contribution is 7.91. The molecule has 0 radical (unpaired) electrons. The molecule has 2 aliphatic heterocycles. The first kappa shape index (κ1) is 28.5. The lowest BCUT2D eigenvalue weighted by molar-refractivity contribution is -0.110. The van der Waals surface area contributed by atoms with Crippen molar-refractivity contribution < 1.29 is 17.9 Å². The zero-order chi connectivity index (χ0) is 31.5. The molecule has 5 aromatic rings. The third kappa shape index (κ3) is 4.69. The monoisotopic (exact) mass is 617 g/mol. The highest BCUT2D eigenvalue weighted by Crippen LogP contribution is 2.47. The first-order chi connectivity index (χ1) is 21.7. The topological polar surface area (TPSA) is 106 Å². The van der Waals surface area contributed by atoms with E-state index < -0.39 is 15.9 Å². The Labute approximate surface area is 261 Å². The van der Waals surface area contributed by atoms with Crippen molar-refractivity contribution in [2.45, 2.75) is 42.5 Å². The van der Waals surface area contributed by atoms with Crippen LogP contribution in [0.4, 0.5) is 17.2 Å². The van der Waals surface area contributed by atoms with Crippen LogP contribution in [-0.2, 0) is 14.6 Å². The van der Waals surface area contributed by atoms with Crippen molar-refractivity contribution >= 4 is 38.8 Å². The van der Waals surface area contributed by atoms with Crippen molar-refractivity contribution in [3.05, 3.63) is 119 Å². The second-order valence-corrected chi connectivity index (χ2v) is 13.4. The number of anilines is 2. The summed E-state index contributed by atoms with van der Waals surface area (Å²) in [7, 11) is -2.10. The Morgan fingerprint density at radius 2 is 1.51 bits per heavy atom. The van der Waals surface area contributed by atoms with Gasteiger partial charge >= 0.3 is 0 Å². The van der Waals surface area contributed by atoms with Crippen LogP contribution in [0.2, 0.25) is 0 Å². The molecule has 3 heterocycles. The summed E-state index contributed by atoms with van der Waals surface area (Å²) in [4.78, 5) is 20.7. The average molecular weight is 618 g/mol. The number of aryl methyl sites for hydroxylation is 1. The van der Waals surface area contributed by atoms with E-state index in [1.165, 1.54) is 0 Å². The Hall–Kier alpha value is -5.22. The molecule has 9 nitrogen and oxygen atoms in total. The third-order valence-electron chi connectivity index (χ3n) is 8.35. The summed E-state index contributed by atoms with van der Waals surface area (Å²) in [6.07, 6.45) is 0. The molecule has 1 amide bonds. The number of ether oxygens (including phenoxy) is 1. The van der Waals surface area contributed by atoms with Gasteiger partial charge in [-0.1, -0.05) is 50.2 Å². The first-order valence-electron chi connectivity index (χ1n) is 14.6. The molecule has 2 aliphatic rings. The maximum Gasteiger partial charge on any atom is 0.291 e. The minimum Gasteiger partial charge on any atom is -0.497 e. The largest absolute Gasteiger partial charge is 0.497 e. The maximum absolute atomic E-state index is 13.5. The van der Waals surface area contributed by atoms with Crippen LogP contribution < -0.4 is 15.0 Å². The highest BCUT2D eigenvalue weighted by atomic mass is 32.2. The van der Waals surface area contributed by atoms with Gasteiger partial charge in [0, 0.05) is 5.56 Å². The molecule has 0 spiro atoms. The number of fused-ring (bicyclic) bond motifs is 4. The van der Waals surface area contributed by atoms with Crippen LogP contribution in [0.1, 0.15) is 48.2 Å². The maximum atomic E-state index is 13.5. The quantitative estimate of drug-likeness (QED) is 0.226. The molecule has 4 aromatic carbocycles. The number of rotatable bonds is 6. The number of methoxy groups -OCH3 is 1. The molecule has 226 valence electrons. The van der Waals surface area contributed by atoms with E-state index in [0.29, 0.717) is 23.1 Å². The lowest BCUT2D eigenvalue weighted by Crippen LogP contribution is -2.48. The number of amidine groups is 1. The minimum atomic E-state index is -3.72. The standard InChI is InChI=1S/C35H31N5O4S/c1-21(2)23-11-17-27(18-12-23)45(42,43)28-19-13-25(14-20-28)40-33-31(22(3)38-40)32(24-9-15-26(44-4)16-10-24)39-30-8-6-5-7-29(30)36-35(41)34(39)37-33/h5-21,32H,1-4H3,(H,36,41)/t32-/m0/s1. The average Bonchev–Trinajstić information content (AvgIpc) is 3.39. The van der Waals surface area contributed by atoms with Crippen molar-refractivity contribution in [1.82, 2.24) is 9.78 Å². The van der Waals surface area contributed by atoms with E-state index >= 15 is 0 Å². The molecule has 0 aliphatic carbocycles. The summed E-state index contributed by atoms with van der Waals surface area (Å²) in [5.41, 5.74) is 5.73. The fourth-order valence-electron chi connectivity index (χ4n) is 5.96. The van der Waals surface area contributed by atoms with E-state index in [0.717, 1.165) is 33.8 Å². The Morgan fingerprint density at radius 3 is 2.16 bits per heavy atom. The van der Waals surface area contributed by atoms with Crippen LogP contribution in [0.25, 0.3) is 5.69 Å². The van der Waals surface area contributed by atoms with Crippen LogP contribution >= 0.6 is 0 Å². The predicted molar refractivity (Wildman–Crippen MR) is 174 cm³/mol. The van der Waals surface area contributed by atoms with Crippen LogP contribution in [0, 0.1) is 6.92 Å². The van der Waals surface area contributed by atoms with E-state index in [1.807, 2.05) is 72.5 Å². The molecular weight excluding hydrogens is 586 g/mol. The Balaban J connectivity index is 1.34. The molecule has 0 fully saturated rings. The number of nitrogens with zero attached hydrogens (tertiary/aromatic N) is 4. The molecule has 1 atom stereocenters. The van der Waals surface area contributed by atoms with Crippen LogP contribution in [0.3, 0.4) is 0 Å². The summed E-state index contributed by atoms with van der Waals surface area (Å²) in [6.45, 7) is 6.06. The fourth-order valence-corrected chi connectivity index (χ4v) is 7.22. The summed E-state index contributed by atoms with van der Waals surface area (Å²) in [6, 6.07) is 28.6. The smallest absolute Gasteiger partial charge is 0.291 e. The molecule has 1 N–H and O–H groups in total. The number of carbonyl (C=O) groups is 1. The Bertz CT molecular complexity index is 2080. The van der Waals surface area contributed by atoms with Crippen molar-refractivity contribution in [1.29, 1.82) is 0 Å². The van der Waals surface area contributed by atoms with E-state index in [-0.39, 0.29) is 21.5 Å². The van der Waals surface area contributed by atoms with Gasteiger partial charge in [0.15, 0.2) is 5.82 Å². The van der Waals surface area contributed by atoms with Gasteiger partial charge in [-0.2, -0.15) is 5.10 Å². The summed E-state index contributed by atoms with van der Waals surface area (Å²) in [5.74, 6) is 1.45. The number of nitrogens with one attached hydrogen (secondary N) is 1. The van der Waals surface area contributed by atoms with E-state index in [2.05, 4.69) is 19.2 Å². The number of aromatic nitrogens is 2. The molecule has 7 rings (SSSR count). The van der Waals surface area contributed by atoms with Gasteiger partial charge in [0.1, 0.15) is 5.75 Å². The number of aliphatic imine (C=N–C) groups is 1.